The summed E-state index contributed by atoms with van der Waals surface area (Å²) in [5, 5.41) is 0. The van der Waals surface area contributed by atoms with Crippen LogP contribution in [0.1, 0.15) is 1.37 Å². The molecule has 1 heterocycles. The molecule has 4 nitrogen and oxygen atoms in total. The molecule has 0 aliphatic carbocycles. The summed E-state index contributed by atoms with van der Waals surface area (Å²) in [7, 11) is 0. The molecule has 0 bridgehead atoms. The molecule has 0 amide bonds. The van der Waals surface area contributed by atoms with Gasteiger partial charge in [0.05, 0.1) is 1.37 Å². The Hall–Kier alpha value is -1.32. The van der Waals surface area contributed by atoms with Crippen molar-refractivity contribution in [2.75, 3.05) is 0 Å². The Labute approximate surface area is 45.6 Å². The molecule has 0 saturated carbocycles. The summed E-state index contributed by atoms with van der Waals surface area (Å²) in [4.78, 5) is 24.7. The third-order valence-electron chi connectivity index (χ3n) is 0.634. The second kappa shape index (κ2) is 1.65. The average molecular weight is 113 g/mol. The van der Waals surface area contributed by atoms with Crippen molar-refractivity contribution in [3.8, 4) is 0 Å². The van der Waals surface area contributed by atoms with Crippen LogP contribution >= 0.6 is 0 Å². The SMILES string of the molecule is [2H]c1c[nH]c(=O)[nH]c1=O. The van der Waals surface area contributed by atoms with Crippen molar-refractivity contribution in [3.05, 3.63) is 33.1 Å². The molecule has 0 unspecified atom stereocenters. The molecular formula is C4H4N2O2. The van der Waals surface area contributed by atoms with Crippen LogP contribution in [0.5, 0.6) is 0 Å². The van der Waals surface area contributed by atoms with Gasteiger partial charge in [0.1, 0.15) is 0 Å². The van der Waals surface area contributed by atoms with E-state index in [9.17, 15) is 9.59 Å². The summed E-state index contributed by atoms with van der Waals surface area (Å²) >= 11 is 0. The molecule has 0 fully saturated rings. The van der Waals surface area contributed by atoms with Gasteiger partial charge in [-0.25, -0.2) is 4.79 Å². The first kappa shape index (κ1) is 3.65. The molecule has 0 aliphatic rings. The normalized spacial score (nSPS) is 10.8. The molecule has 0 atom stereocenters. The lowest BCUT2D eigenvalue weighted by molar-refractivity contribution is 1.04. The fraction of sp³-hybridized carbons (Fsp3) is 0. The lowest BCUT2D eigenvalue weighted by Gasteiger charge is -1.75. The second-order valence-electron chi connectivity index (χ2n) is 1.22. The van der Waals surface area contributed by atoms with E-state index in [1.165, 1.54) is 0 Å². The summed E-state index contributed by atoms with van der Waals surface area (Å²) in [6.45, 7) is 0. The Bertz CT molecular complexity index is 313. The highest BCUT2D eigenvalue weighted by atomic mass is 16.2. The average Bonchev–Trinajstić information content (AvgIpc) is 1.80. The number of H-pyrrole nitrogens is 2. The number of rotatable bonds is 0. The largest absolute Gasteiger partial charge is 0.325 e. The third kappa shape index (κ3) is 0.841. The van der Waals surface area contributed by atoms with Gasteiger partial charge >= 0.3 is 5.69 Å². The lowest BCUT2D eigenvalue weighted by atomic mass is 10.7. The van der Waals surface area contributed by atoms with Crippen molar-refractivity contribution in [1.82, 2.24) is 9.97 Å². The third-order valence-corrected chi connectivity index (χ3v) is 0.634. The fourth-order valence-corrected chi connectivity index (χ4v) is 0.342. The van der Waals surface area contributed by atoms with E-state index < -0.39 is 11.2 Å². The van der Waals surface area contributed by atoms with Crippen LogP contribution in [-0.4, -0.2) is 9.97 Å². The summed E-state index contributed by atoms with van der Waals surface area (Å²) in [6, 6.07) is -0.241. The Balaban J connectivity index is 3.52. The van der Waals surface area contributed by atoms with E-state index >= 15 is 0 Å². The molecule has 0 spiro atoms. The van der Waals surface area contributed by atoms with E-state index in [0.717, 1.165) is 6.20 Å². The number of aromatic amines is 2. The highest BCUT2D eigenvalue weighted by Gasteiger charge is 1.77. The van der Waals surface area contributed by atoms with Crippen molar-refractivity contribution in [1.29, 1.82) is 0 Å². The Morgan fingerprint density at radius 3 is 2.88 bits per heavy atom. The predicted molar refractivity (Wildman–Crippen MR) is 27.7 cm³/mol. The molecule has 0 radical (unpaired) electrons. The maximum atomic E-state index is 10.4. The minimum absolute atomic E-state index is 0.241. The van der Waals surface area contributed by atoms with Gasteiger partial charge in [0.25, 0.3) is 5.56 Å². The van der Waals surface area contributed by atoms with E-state index in [4.69, 9.17) is 1.37 Å². The van der Waals surface area contributed by atoms with Crippen molar-refractivity contribution >= 4 is 0 Å². The number of aromatic nitrogens is 2. The topological polar surface area (TPSA) is 65.7 Å². The quantitative estimate of drug-likeness (QED) is 0.456. The monoisotopic (exact) mass is 113 g/mol. The van der Waals surface area contributed by atoms with E-state index in [-0.39, 0.29) is 6.04 Å². The van der Waals surface area contributed by atoms with Crippen LogP contribution in [-0.2, 0) is 0 Å². The lowest BCUT2D eigenvalue weighted by Crippen LogP contribution is -2.19. The highest BCUT2D eigenvalue weighted by Crippen LogP contribution is 1.51. The molecule has 1 rings (SSSR count). The maximum absolute atomic E-state index is 10.4. The summed E-state index contributed by atoms with van der Waals surface area (Å²) in [6.07, 6.45) is 1.04. The highest BCUT2D eigenvalue weighted by molar-refractivity contribution is 4.77. The number of nitrogens with one attached hydrogen (secondary N) is 2. The standard InChI is InChI=1S/C4H4N2O2/c7-3-1-2-5-4(8)6-3/h1-2H,(H2,5,6,7,8)/i1D. The Morgan fingerprint density at radius 1 is 1.62 bits per heavy atom. The van der Waals surface area contributed by atoms with Gasteiger partial charge in [-0.2, -0.15) is 0 Å². The zero-order valence-corrected chi connectivity index (χ0v) is 3.89. The Kier molecular flexibility index (Phi) is 0.754. The molecule has 4 heteroatoms. The molecule has 8 heavy (non-hydrogen) atoms. The van der Waals surface area contributed by atoms with Gasteiger partial charge in [-0.05, 0) is 0 Å². The van der Waals surface area contributed by atoms with E-state index in [1.807, 2.05) is 4.98 Å². The van der Waals surface area contributed by atoms with Crippen LogP contribution in [0.25, 0.3) is 0 Å². The first-order chi connectivity index (χ1) is 4.20. The maximum Gasteiger partial charge on any atom is 0.325 e. The molecule has 1 aromatic heterocycles. The minimum atomic E-state index is -0.668. The number of hydrogen-bond acceptors (Lipinski definition) is 2. The van der Waals surface area contributed by atoms with Crippen LogP contribution in [0.4, 0.5) is 0 Å². The first-order valence-electron chi connectivity index (χ1n) is 2.49. The predicted octanol–water partition coefficient (Wildman–Crippen LogP) is -0.937. The van der Waals surface area contributed by atoms with Crippen LogP contribution < -0.4 is 11.2 Å². The van der Waals surface area contributed by atoms with Gasteiger partial charge in [-0.1, -0.05) is 0 Å². The van der Waals surface area contributed by atoms with Crippen molar-refractivity contribution in [2.24, 2.45) is 0 Å². The van der Waals surface area contributed by atoms with Gasteiger partial charge in [0.15, 0.2) is 0 Å². The van der Waals surface area contributed by atoms with Gasteiger partial charge in [-0.3, -0.25) is 9.78 Å². The van der Waals surface area contributed by atoms with Gasteiger partial charge < -0.3 is 4.98 Å². The Morgan fingerprint density at radius 2 is 2.38 bits per heavy atom. The van der Waals surface area contributed by atoms with Crippen molar-refractivity contribution in [3.63, 3.8) is 0 Å². The smallest absolute Gasteiger partial charge is 0.314 e. The summed E-state index contributed by atoms with van der Waals surface area (Å²) < 4.78 is 6.80. The zero-order valence-electron chi connectivity index (χ0n) is 4.89. The van der Waals surface area contributed by atoms with E-state index in [1.54, 1.807) is 0 Å². The van der Waals surface area contributed by atoms with Crippen molar-refractivity contribution in [2.45, 2.75) is 0 Å². The van der Waals surface area contributed by atoms with Crippen LogP contribution in [0, 0.1) is 0 Å². The molecule has 42 valence electrons. The molecule has 2 N–H and O–H groups in total. The van der Waals surface area contributed by atoms with Gasteiger partial charge in [-0.15, -0.1) is 0 Å². The van der Waals surface area contributed by atoms with Crippen LogP contribution in [0.15, 0.2) is 21.8 Å². The molecular weight excluding hydrogens is 108 g/mol. The van der Waals surface area contributed by atoms with E-state index in [0.29, 0.717) is 0 Å². The summed E-state index contributed by atoms with van der Waals surface area (Å²) in [5.41, 5.74) is -1.25. The van der Waals surface area contributed by atoms with Crippen molar-refractivity contribution < 1.29 is 1.37 Å². The van der Waals surface area contributed by atoms with E-state index in [2.05, 4.69) is 4.98 Å². The molecule has 0 saturated heterocycles. The molecule has 0 aliphatic heterocycles. The first-order valence-corrected chi connectivity index (χ1v) is 1.99. The second-order valence-corrected chi connectivity index (χ2v) is 1.22. The molecule has 1 aromatic rings. The minimum Gasteiger partial charge on any atom is -0.314 e. The van der Waals surface area contributed by atoms with Crippen LogP contribution in [0.3, 0.4) is 0 Å². The number of hydrogen-bond donors (Lipinski definition) is 2. The fourth-order valence-electron chi connectivity index (χ4n) is 0.342. The zero-order chi connectivity index (χ0) is 6.85. The van der Waals surface area contributed by atoms with Crippen LogP contribution in [0.2, 0.25) is 0 Å². The summed E-state index contributed by atoms with van der Waals surface area (Å²) in [5.74, 6) is 0. The van der Waals surface area contributed by atoms with Gasteiger partial charge in [0, 0.05) is 12.2 Å². The van der Waals surface area contributed by atoms with Gasteiger partial charge in [0.2, 0.25) is 0 Å². The molecule has 0 aromatic carbocycles.